The average Bonchev–Trinajstić information content (AvgIpc) is 1.50. The van der Waals surface area contributed by atoms with Crippen LogP contribution in [-0.4, -0.2) is 25.8 Å². The van der Waals surface area contributed by atoms with Crippen molar-refractivity contribution in [1.29, 1.82) is 0 Å². The van der Waals surface area contributed by atoms with Gasteiger partial charge in [-0.1, -0.05) is 0 Å². The van der Waals surface area contributed by atoms with Crippen LogP contribution in [0.15, 0.2) is 0 Å². The molecular weight excluding hydrogens is 531 g/mol. The summed E-state index contributed by atoms with van der Waals surface area (Å²) in [4.78, 5) is 0. The molecule has 2 radical (unpaired) electrons. The molecule has 0 heterocycles. The van der Waals surface area contributed by atoms with E-state index in [0.717, 1.165) is 0 Å². The summed E-state index contributed by atoms with van der Waals surface area (Å²) < 4.78 is 16.4. The Labute approximate surface area is 72.8 Å². The van der Waals surface area contributed by atoms with Crippen molar-refractivity contribution >= 4 is 25.8 Å². The molecule has 0 fully saturated rings. The molecule has 5 heavy (non-hydrogen) atoms. The molecule has 0 unspecified atom stereocenters. The third-order valence-corrected chi connectivity index (χ3v) is 0. The summed E-state index contributed by atoms with van der Waals surface area (Å²) in [5.74, 6) is 0. The van der Waals surface area contributed by atoms with Crippen LogP contribution in [-0.2, 0) is 48.0 Å². The summed E-state index contributed by atoms with van der Waals surface area (Å²) in [5, 5.41) is 0. The molecule has 0 rings (SSSR count). The van der Waals surface area contributed by atoms with E-state index in [0.29, 0.717) is 0 Å². The van der Waals surface area contributed by atoms with Crippen molar-refractivity contribution < 1.29 is 48.0 Å². The minimum atomic E-state index is 0. The van der Waals surface area contributed by atoms with E-state index >= 15 is 0 Å². The minimum Gasteiger partial charge on any atom is 0 e. The van der Waals surface area contributed by atoms with Gasteiger partial charge in [-0.05, 0) is 0 Å². The molecule has 0 amide bonds. The van der Waals surface area contributed by atoms with Crippen LogP contribution in [0.1, 0.15) is 0 Å². The minimum absolute atomic E-state index is 0. The Kier molecular flexibility index (Phi) is 121. The first kappa shape index (κ1) is 15.8. The van der Waals surface area contributed by atoms with Crippen molar-refractivity contribution in [2.24, 2.45) is 0 Å². The molecule has 0 aliphatic rings. The predicted octanol–water partition coefficient (Wildman–Crippen LogP) is -0.623. The van der Waals surface area contributed by atoms with E-state index in [1.165, 1.54) is 0 Å². The molecule has 0 atom stereocenters. The summed E-state index contributed by atoms with van der Waals surface area (Å²) in [7, 11) is 0. The first-order valence-corrected chi connectivity index (χ1v) is 2.52. The van der Waals surface area contributed by atoms with Gasteiger partial charge in [0.1, 0.15) is 0 Å². The number of hydrogen-bond donors (Lipinski definition) is 0. The van der Waals surface area contributed by atoms with Crippen molar-refractivity contribution in [2.75, 3.05) is 0 Å². The summed E-state index contributed by atoms with van der Waals surface area (Å²) in [5.41, 5.74) is 0. The number of hydrogen-bond acceptors (Lipinski definition) is 2. The van der Waals surface area contributed by atoms with Crippen LogP contribution >= 0.6 is 0 Å². The zero-order valence-electron chi connectivity index (χ0n) is 2.03. The molecular formula is AgO2PbW. The molecule has 0 bridgehead atoms. The predicted molar refractivity (Wildman–Crippen MR) is 7.13 cm³/mol. The van der Waals surface area contributed by atoms with E-state index < -0.39 is 0 Å². The Hall–Kier alpha value is 1.95. The molecule has 5 heteroatoms. The molecule has 0 spiro atoms. The van der Waals surface area contributed by atoms with E-state index in [1.54, 1.807) is 21.0 Å². The van der Waals surface area contributed by atoms with Gasteiger partial charge in [-0.2, -0.15) is 0 Å². The van der Waals surface area contributed by atoms with Crippen LogP contribution in [0, 0.1) is 0 Å². The van der Waals surface area contributed by atoms with E-state index in [9.17, 15) is 0 Å². The molecule has 0 aromatic rings. The third-order valence-electron chi connectivity index (χ3n) is 0. The second kappa shape index (κ2) is 38.3. The summed E-state index contributed by atoms with van der Waals surface area (Å²) in [6.45, 7) is 0. The number of rotatable bonds is 0. The van der Waals surface area contributed by atoms with E-state index in [1.807, 2.05) is 0 Å². The van der Waals surface area contributed by atoms with Crippen molar-refractivity contribution in [3.63, 3.8) is 0 Å². The smallest absolute Gasteiger partial charge is 0 e. The third kappa shape index (κ3) is 24.4. The summed E-state index contributed by atoms with van der Waals surface area (Å²) >= 11 is 1.76. The van der Waals surface area contributed by atoms with Gasteiger partial charge in [0.25, 0.3) is 0 Å². The van der Waals surface area contributed by atoms with Gasteiger partial charge < -0.3 is 0 Å². The Morgan fingerprint density at radius 3 is 1.20 bits per heavy atom. The second-order valence-corrected chi connectivity index (χ2v) is 0. The van der Waals surface area contributed by atoms with Crippen LogP contribution < -0.4 is 0 Å². The Bertz CT molecular complexity index is 11.6. The topological polar surface area (TPSA) is 34.1 Å². The second-order valence-electron chi connectivity index (χ2n) is 0. The quantitative estimate of drug-likeness (QED) is 0.391. The first-order chi connectivity index (χ1) is 2.00. The zero-order valence-corrected chi connectivity index (χ0v) is 10.3. The fourth-order valence-electron chi connectivity index (χ4n) is 0. The first-order valence-electron chi connectivity index (χ1n) is 0.327. The summed E-state index contributed by atoms with van der Waals surface area (Å²) in [6.07, 6.45) is 0. The fourth-order valence-corrected chi connectivity index (χ4v) is 0. The van der Waals surface area contributed by atoms with Gasteiger partial charge in [0.15, 0.2) is 0 Å². The molecule has 33 valence electrons. The molecule has 0 aliphatic heterocycles. The van der Waals surface area contributed by atoms with Crippen molar-refractivity contribution in [2.45, 2.75) is 0 Å². The van der Waals surface area contributed by atoms with Crippen LogP contribution in [0.3, 0.4) is 0 Å². The van der Waals surface area contributed by atoms with Crippen molar-refractivity contribution in [1.82, 2.24) is 0 Å². The molecule has 0 saturated carbocycles. The molecule has 2 nitrogen and oxygen atoms in total. The zero-order chi connectivity index (χ0) is 4.00. The normalized spacial score (nSPS) is 2.00. The summed E-state index contributed by atoms with van der Waals surface area (Å²) in [6, 6.07) is 0. The standard InChI is InChI=1S/Ag.2O.Pb.W. The SMILES string of the molecule is [O]=[Ag].[O]=[Pb].[W]. The fraction of sp³-hybridized carbons (Fsp3) is 0. The van der Waals surface area contributed by atoms with E-state index in [2.05, 4.69) is 0 Å². The molecule has 0 aliphatic carbocycles. The average molecular weight is 531 g/mol. The van der Waals surface area contributed by atoms with Crippen LogP contribution in [0.5, 0.6) is 0 Å². The molecule has 0 aromatic carbocycles. The van der Waals surface area contributed by atoms with Gasteiger partial charge in [-0.15, -0.1) is 0 Å². The molecule has 0 saturated heterocycles. The van der Waals surface area contributed by atoms with E-state index in [-0.39, 0.29) is 46.8 Å². The Morgan fingerprint density at radius 1 is 1.20 bits per heavy atom. The maximum absolute atomic E-state index is 8.39. The monoisotopic (exact) mass is 531 g/mol. The van der Waals surface area contributed by atoms with Gasteiger partial charge in [0.2, 0.25) is 0 Å². The van der Waals surface area contributed by atoms with Gasteiger partial charge in [0.05, 0.1) is 0 Å². The Morgan fingerprint density at radius 2 is 1.20 bits per heavy atom. The van der Waals surface area contributed by atoms with E-state index in [4.69, 9.17) is 5.94 Å². The van der Waals surface area contributed by atoms with Crippen LogP contribution in [0.25, 0.3) is 0 Å². The van der Waals surface area contributed by atoms with Crippen LogP contribution in [0.2, 0.25) is 0 Å². The van der Waals surface area contributed by atoms with Crippen molar-refractivity contribution in [3.8, 4) is 0 Å². The molecule has 0 aromatic heterocycles. The van der Waals surface area contributed by atoms with Gasteiger partial charge in [-0.3, -0.25) is 0 Å². The van der Waals surface area contributed by atoms with Crippen LogP contribution in [0.4, 0.5) is 0 Å². The maximum atomic E-state index is 8.39. The van der Waals surface area contributed by atoms with Crippen molar-refractivity contribution in [3.05, 3.63) is 0 Å². The largest absolute Gasteiger partial charge is 0 e. The van der Waals surface area contributed by atoms with Gasteiger partial charge in [0, 0.05) is 21.1 Å². The Balaban J connectivity index is -0.0000000133. The molecule has 0 N–H and O–H groups in total. The van der Waals surface area contributed by atoms with Gasteiger partial charge in [-0.25, -0.2) is 0 Å². The maximum Gasteiger partial charge on any atom is 0 e. The van der Waals surface area contributed by atoms with Gasteiger partial charge >= 0.3 is 52.8 Å².